The Morgan fingerprint density at radius 2 is 1.95 bits per heavy atom. The molecule has 1 aromatic rings. The molecular formula is C12H13ClN2O4. The standard InChI is InChI=1S/C12H13ClN2O4/c1-3-10(13)15-19-12(17)14-9-6-4-8(5-7-9)11(16)18-2/h4-7H,3H2,1-2H3,(H,14,17). The Kier molecular flexibility index (Phi) is 5.81. The van der Waals surface area contributed by atoms with E-state index in [-0.39, 0.29) is 5.17 Å². The van der Waals surface area contributed by atoms with Gasteiger partial charge in [-0.15, -0.1) is 0 Å². The third-order valence-electron chi connectivity index (χ3n) is 2.07. The molecule has 102 valence electrons. The van der Waals surface area contributed by atoms with E-state index in [0.29, 0.717) is 17.7 Å². The van der Waals surface area contributed by atoms with Crippen LogP contribution in [0, 0.1) is 0 Å². The van der Waals surface area contributed by atoms with Gasteiger partial charge in [0.05, 0.1) is 12.7 Å². The highest BCUT2D eigenvalue weighted by molar-refractivity contribution is 6.65. The lowest BCUT2D eigenvalue weighted by Crippen LogP contribution is -2.11. The van der Waals surface area contributed by atoms with Crippen LogP contribution >= 0.6 is 11.6 Å². The van der Waals surface area contributed by atoms with Crippen LogP contribution in [-0.4, -0.2) is 24.3 Å². The van der Waals surface area contributed by atoms with Gasteiger partial charge in [-0.3, -0.25) is 10.2 Å². The van der Waals surface area contributed by atoms with E-state index in [4.69, 9.17) is 11.6 Å². The van der Waals surface area contributed by atoms with Gasteiger partial charge in [0, 0.05) is 12.1 Å². The van der Waals surface area contributed by atoms with Crippen molar-refractivity contribution in [1.82, 2.24) is 0 Å². The number of carbonyl (C=O) groups is 2. The van der Waals surface area contributed by atoms with E-state index in [9.17, 15) is 9.59 Å². The zero-order valence-electron chi connectivity index (χ0n) is 10.5. The van der Waals surface area contributed by atoms with Crippen molar-refractivity contribution < 1.29 is 19.2 Å². The van der Waals surface area contributed by atoms with Crippen LogP contribution in [-0.2, 0) is 9.57 Å². The maximum atomic E-state index is 11.3. The SMILES string of the molecule is CCC(Cl)=NOC(=O)Nc1ccc(C(=O)OC)cc1. The summed E-state index contributed by atoms with van der Waals surface area (Å²) in [5, 5.41) is 6.01. The molecule has 0 unspecified atom stereocenters. The highest BCUT2D eigenvalue weighted by Crippen LogP contribution is 2.10. The van der Waals surface area contributed by atoms with Crippen LogP contribution in [0.2, 0.25) is 0 Å². The Labute approximate surface area is 115 Å². The minimum Gasteiger partial charge on any atom is -0.465 e. The monoisotopic (exact) mass is 284 g/mol. The number of hydrogen-bond acceptors (Lipinski definition) is 5. The summed E-state index contributed by atoms with van der Waals surface area (Å²) in [5.74, 6) is -0.451. The minimum atomic E-state index is -0.766. The molecule has 1 rings (SSSR count). The number of halogens is 1. The molecule has 0 saturated heterocycles. The van der Waals surface area contributed by atoms with Gasteiger partial charge >= 0.3 is 12.1 Å². The molecule has 1 amide bonds. The number of methoxy groups -OCH3 is 1. The summed E-state index contributed by atoms with van der Waals surface area (Å²) in [7, 11) is 1.29. The second kappa shape index (κ2) is 7.38. The molecule has 0 spiro atoms. The summed E-state index contributed by atoms with van der Waals surface area (Å²) in [5.41, 5.74) is 0.842. The molecule has 0 atom stereocenters. The van der Waals surface area contributed by atoms with Crippen molar-refractivity contribution in [2.45, 2.75) is 13.3 Å². The Bertz CT molecular complexity index is 485. The number of nitrogens with zero attached hydrogens (tertiary/aromatic N) is 1. The van der Waals surface area contributed by atoms with Crippen molar-refractivity contribution >= 4 is 34.5 Å². The predicted octanol–water partition coefficient (Wildman–Crippen LogP) is 2.98. The molecule has 7 heteroatoms. The van der Waals surface area contributed by atoms with Gasteiger partial charge in [0.2, 0.25) is 0 Å². The average molecular weight is 285 g/mol. The normalized spacial score (nSPS) is 10.8. The molecule has 1 aromatic carbocycles. The van der Waals surface area contributed by atoms with Gasteiger partial charge in [0.1, 0.15) is 5.17 Å². The number of carbonyl (C=O) groups excluding carboxylic acids is 2. The number of hydrogen-bond donors (Lipinski definition) is 1. The van der Waals surface area contributed by atoms with Crippen molar-refractivity contribution in [1.29, 1.82) is 0 Å². The topological polar surface area (TPSA) is 77.0 Å². The van der Waals surface area contributed by atoms with Gasteiger partial charge in [-0.1, -0.05) is 23.7 Å². The summed E-state index contributed by atoms with van der Waals surface area (Å²) in [6.07, 6.45) is -0.291. The van der Waals surface area contributed by atoms with Gasteiger partial charge < -0.3 is 4.74 Å². The molecule has 0 aliphatic carbocycles. The van der Waals surface area contributed by atoms with Crippen LogP contribution in [0.25, 0.3) is 0 Å². The quantitative estimate of drug-likeness (QED) is 0.399. The molecule has 0 fully saturated rings. The van der Waals surface area contributed by atoms with Crippen LogP contribution in [0.1, 0.15) is 23.7 Å². The number of anilines is 1. The van der Waals surface area contributed by atoms with Crippen molar-refractivity contribution in [3.05, 3.63) is 29.8 Å². The summed E-state index contributed by atoms with van der Waals surface area (Å²) in [4.78, 5) is 27.0. The minimum absolute atomic E-state index is 0.191. The first-order valence-corrected chi connectivity index (χ1v) is 5.83. The van der Waals surface area contributed by atoms with Crippen molar-refractivity contribution in [2.75, 3.05) is 12.4 Å². The largest absolute Gasteiger partial charge is 0.465 e. The first kappa shape index (κ1) is 15.0. The molecule has 0 aromatic heterocycles. The van der Waals surface area contributed by atoms with Gasteiger partial charge in [-0.2, -0.15) is 0 Å². The molecule has 0 radical (unpaired) electrons. The van der Waals surface area contributed by atoms with E-state index in [1.54, 1.807) is 19.1 Å². The van der Waals surface area contributed by atoms with E-state index >= 15 is 0 Å². The Balaban J connectivity index is 2.58. The van der Waals surface area contributed by atoms with Crippen LogP contribution in [0.4, 0.5) is 10.5 Å². The van der Waals surface area contributed by atoms with E-state index in [2.05, 4.69) is 20.0 Å². The summed E-state index contributed by atoms with van der Waals surface area (Å²) in [6.45, 7) is 1.78. The maximum absolute atomic E-state index is 11.3. The average Bonchev–Trinajstić information content (AvgIpc) is 2.44. The third-order valence-corrected chi connectivity index (χ3v) is 2.41. The molecule has 6 nitrogen and oxygen atoms in total. The number of esters is 1. The lowest BCUT2D eigenvalue weighted by Gasteiger charge is -2.04. The maximum Gasteiger partial charge on any atom is 0.437 e. The Morgan fingerprint density at radius 1 is 1.32 bits per heavy atom. The fourth-order valence-electron chi connectivity index (χ4n) is 1.10. The molecule has 0 saturated carbocycles. The number of nitrogens with one attached hydrogen (secondary N) is 1. The van der Waals surface area contributed by atoms with E-state index in [0.717, 1.165) is 0 Å². The molecule has 0 aliphatic heterocycles. The van der Waals surface area contributed by atoms with Gasteiger partial charge in [-0.05, 0) is 24.3 Å². The van der Waals surface area contributed by atoms with Gasteiger partial charge in [-0.25, -0.2) is 9.59 Å². The molecule has 19 heavy (non-hydrogen) atoms. The number of ether oxygens (including phenoxy) is 1. The fraction of sp³-hybridized carbons (Fsp3) is 0.250. The van der Waals surface area contributed by atoms with Crippen LogP contribution in [0.15, 0.2) is 29.4 Å². The van der Waals surface area contributed by atoms with Gasteiger partial charge in [0.15, 0.2) is 0 Å². The van der Waals surface area contributed by atoms with E-state index in [1.165, 1.54) is 19.2 Å². The lowest BCUT2D eigenvalue weighted by molar-refractivity contribution is 0.0600. The highest BCUT2D eigenvalue weighted by Gasteiger charge is 2.07. The molecule has 1 N–H and O–H groups in total. The summed E-state index contributed by atoms with van der Waals surface area (Å²) < 4.78 is 4.55. The van der Waals surface area contributed by atoms with Crippen LogP contribution in [0.5, 0.6) is 0 Å². The number of amides is 1. The Hall–Kier alpha value is -2.08. The first-order chi connectivity index (χ1) is 9.06. The summed E-state index contributed by atoms with van der Waals surface area (Å²) in [6, 6.07) is 6.12. The second-order valence-electron chi connectivity index (χ2n) is 3.39. The van der Waals surface area contributed by atoms with Crippen molar-refractivity contribution in [3.63, 3.8) is 0 Å². The molecule has 0 heterocycles. The summed E-state index contributed by atoms with van der Waals surface area (Å²) >= 11 is 5.58. The number of benzene rings is 1. The van der Waals surface area contributed by atoms with Crippen LogP contribution < -0.4 is 5.32 Å². The zero-order valence-corrected chi connectivity index (χ0v) is 11.2. The lowest BCUT2D eigenvalue weighted by atomic mass is 10.2. The van der Waals surface area contributed by atoms with E-state index in [1.807, 2.05) is 0 Å². The first-order valence-electron chi connectivity index (χ1n) is 5.45. The molecular weight excluding hydrogens is 272 g/mol. The second-order valence-corrected chi connectivity index (χ2v) is 3.83. The number of oxime groups is 1. The van der Waals surface area contributed by atoms with Crippen molar-refractivity contribution in [2.24, 2.45) is 5.16 Å². The van der Waals surface area contributed by atoms with Crippen LogP contribution in [0.3, 0.4) is 0 Å². The van der Waals surface area contributed by atoms with Crippen molar-refractivity contribution in [3.8, 4) is 0 Å². The zero-order chi connectivity index (χ0) is 14.3. The Morgan fingerprint density at radius 3 is 2.47 bits per heavy atom. The number of rotatable bonds is 4. The van der Waals surface area contributed by atoms with E-state index < -0.39 is 12.1 Å². The van der Waals surface area contributed by atoms with Gasteiger partial charge in [0.25, 0.3) is 0 Å². The third kappa shape index (κ3) is 4.97. The predicted molar refractivity (Wildman–Crippen MR) is 71.5 cm³/mol. The smallest absolute Gasteiger partial charge is 0.437 e. The molecule has 0 bridgehead atoms. The highest BCUT2D eigenvalue weighted by atomic mass is 35.5. The fourth-order valence-corrected chi connectivity index (χ4v) is 1.14. The molecule has 0 aliphatic rings.